The van der Waals surface area contributed by atoms with E-state index in [9.17, 15) is 5.11 Å². The molecule has 0 radical (unpaired) electrons. The Labute approximate surface area is 97.1 Å². The zero-order valence-corrected chi connectivity index (χ0v) is 10.8. The van der Waals surface area contributed by atoms with E-state index in [0.29, 0.717) is 13.1 Å². The maximum Gasteiger partial charge on any atom is 0.204 e. The Hall–Kier alpha value is -1.07. The molecule has 0 aliphatic carbocycles. The summed E-state index contributed by atoms with van der Waals surface area (Å²) < 4.78 is 2.04. The number of hydrogen-bond acceptors (Lipinski definition) is 4. The molecule has 1 aromatic heterocycles. The molecule has 92 valence electrons. The zero-order valence-electron chi connectivity index (χ0n) is 10.8. The van der Waals surface area contributed by atoms with Crippen LogP contribution in [0.3, 0.4) is 0 Å². The third-order valence-electron chi connectivity index (χ3n) is 2.32. The van der Waals surface area contributed by atoms with Gasteiger partial charge in [-0.3, -0.25) is 0 Å². The first kappa shape index (κ1) is 13.0. The van der Waals surface area contributed by atoms with Gasteiger partial charge in [0.15, 0.2) is 0 Å². The molecule has 0 amide bonds. The number of aromatic nitrogens is 2. The highest BCUT2D eigenvalue weighted by atomic mass is 16.3. The smallest absolute Gasteiger partial charge is 0.204 e. The largest absolute Gasteiger partial charge is 0.389 e. The van der Waals surface area contributed by atoms with Crippen molar-refractivity contribution in [3.8, 4) is 0 Å². The minimum absolute atomic E-state index is 0.565. The highest BCUT2D eigenvalue weighted by Gasteiger charge is 2.12. The highest BCUT2D eigenvalue weighted by molar-refractivity contribution is 5.30. The summed E-state index contributed by atoms with van der Waals surface area (Å²) in [5.74, 6) is 0.931. The Bertz CT molecular complexity index is 338. The fourth-order valence-corrected chi connectivity index (χ4v) is 1.51. The van der Waals surface area contributed by atoms with Crippen LogP contribution < -0.4 is 10.2 Å². The number of aliphatic hydroxyl groups is 1. The summed E-state index contributed by atoms with van der Waals surface area (Å²) in [6, 6.07) is 0. The molecule has 5 nitrogen and oxygen atoms in total. The van der Waals surface area contributed by atoms with Gasteiger partial charge in [0.2, 0.25) is 5.95 Å². The molecule has 0 aliphatic rings. The fourth-order valence-electron chi connectivity index (χ4n) is 1.51. The molecule has 0 atom stereocenters. The van der Waals surface area contributed by atoms with E-state index in [1.807, 2.05) is 36.8 Å². The average Bonchev–Trinajstić information content (AvgIpc) is 2.46. The van der Waals surface area contributed by atoms with Gasteiger partial charge in [-0.15, -0.1) is 0 Å². The molecule has 1 heterocycles. The highest BCUT2D eigenvalue weighted by Crippen LogP contribution is 2.10. The molecular formula is C11H22N4O. The van der Waals surface area contributed by atoms with Gasteiger partial charge in [-0.05, 0) is 13.8 Å². The van der Waals surface area contributed by atoms with E-state index in [0.717, 1.165) is 11.6 Å². The molecule has 0 bridgehead atoms. The monoisotopic (exact) mass is 226 g/mol. The molecule has 0 unspecified atom stereocenters. The molecule has 0 fully saturated rings. The van der Waals surface area contributed by atoms with Crippen molar-refractivity contribution in [1.29, 1.82) is 0 Å². The Morgan fingerprint density at radius 2 is 2.12 bits per heavy atom. The van der Waals surface area contributed by atoms with Crippen LogP contribution in [0.2, 0.25) is 0 Å². The van der Waals surface area contributed by atoms with Gasteiger partial charge in [0, 0.05) is 34.2 Å². The molecule has 0 spiro atoms. The van der Waals surface area contributed by atoms with Gasteiger partial charge in [0.05, 0.1) is 17.5 Å². The van der Waals surface area contributed by atoms with Crippen LogP contribution in [-0.4, -0.2) is 40.9 Å². The van der Waals surface area contributed by atoms with E-state index in [4.69, 9.17) is 0 Å². The predicted molar refractivity (Wildman–Crippen MR) is 65.5 cm³/mol. The molecule has 1 aromatic rings. The topological polar surface area (TPSA) is 53.3 Å². The summed E-state index contributed by atoms with van der Waals surface area (Å²) in [6.45, 7) is 4.85. The quantitative estimate of drug-likeness (QED) is 0.760. The van der Waals surface area contributed by atoms with Crippen molar-refractivity contribution in [3.05, 3.63) is 11.9 Å². The van der Waals surface area contributed by atoms with Gasteiger partial charge in [0.1, 0.15) is 0 Å². The molecule has 5 heteroatoms. The molecular weight excluding hydrogens is 204 g/mol. The maximum absolute atomic E-state index is 9.57. The molecule has 2 N–H and O–H groups in total. The van der Waals surface area contributed by atoms with Crippen LogP contribution in [0.25, 0.3) is 0 Å². The molecule has 1 rings (SSSR count). The average molecular weight is 226 g/mol. The predicted octanol–water partition coefficient (Wildman–Crippen LogP) is 0.347. The summed E-state index contributed by atoms with van der Waals surface area (Å²) >= 11 is 0. The lowest BCUT2D eigenvalue weighted by atomic mass is 10.1. The number of anilines is 1. The second-order valence-electron chi connectivity index (χ2n) is 4.92. The van der Waals surface area contributed by atoms with E-state index >= 15 is 0 Å². The SMILES string of the molecule is CN(C)c1ncc(CNCC(C)(C)O)n1C. The Morgan fingerprint density at radius 3 is 2.56 bits per heavy atom. The summed E-state index contributed by atoms with van der Waals surface area (Å²) in [6.07, 6.45) is 1.85. The second kappa shape index (κ2) is 4.84. The van der Waals surface area contributed by atoms with Crippen LogP contribution in [-0.2, 0) is 13.6 Å². The standard InChI is InChI=1S/C11H22N4O/c1-11(2,16)8-12-6-9-7-13-10(14(3)4)15(9)5/h7,12,16H,6,8H2,1-5H3. The van der Waals surface area contributed by atoms with Crippen LogP contribution in [0.4, 0.5) is 5.95 Å². The molecule has 0 aliphatic heterocycles. The van der Waals surface area contributed by atoms with E-state index in [2.05, 4.69) is 10.3 Å². The van der Waals surface area contributed by atoms with Gasteiger partial charge in [0.25, 0.3) is 0 Å². The number of nitrogens with zero attached hydrogens (tertiary/aromatic N) is 3. The van der Waals surface area contributed by atoms with Crippen molar-refractivity contribution in [2.75, 3.05) is 25.5 Å². The first-order valence-corrected chi connectivity index (χ1v) is 5.42. The van der Waals surface area contributed by atoms with Crippen LogP contribution in [0.5, 0.6) is 0 Å². The van der Waals surface area contributed by atoms with E-state index < -0.39 is 5.60 Å². The van der Waals surface area contributed by atoms with Crippen molar-refractivity contribution in [1.82, 2.24) is 14.9 Å². The van der Waals surface area contributed by atoms with Crippen molar-refractivity contribution in [2.24, 2.45) is 7.05 Å². The minimum Gasteiger partial charge on any atom is -0.389 e. The summed E-state index contributed by atoms with van der Waals surface area (Å²) in [4.78, 5) is 6.29. The van der Waals surface area contributed by atoms with Crippen LogP contribution in [0.15, 0.2) is 6.20 Å². The van der Waals surface area contributed by atoms with Crippen LogP contribution >= 0.6 is 0 Å². The van der Waals surface area contributed by atoms with Gasteiger partial charge in [-0.2, -0.15) is 0 Å². The van der Waals surface area contributed by atoms with Gasteiger partial charge in [-0.25, -0.2) is 4.98 Å². The third-order valence-corrected chi connectivity index (χ3v) is 2.32. The number of imidazole rings is 1. The van der Waals surface area contributed by atoms with Gasteiger partial charge < -0.3 is 19.9 Å². The number of nitrogens with one attached hydrogen (secondary N) is 1. The summed E-state index contributed by atoms with van der Waals surface area (Å²) in [5.41, 5.74) is 0.427. The van der Waals surface area contributed by atoms with Crippen molar-refractivity contribution in [3.63, 3.8) is 0 Å². The Kier molecular flexibility index (Phi) is 3.93. The number of hydrogen-bond donors (Lipinski definition) is 2. The lowest BCUT2D eigenvalue weighted by molar-refractivity contribution is 0.0793. The fraction of sp³-hybridized carbons (Fsp3) is 0.727. The molecule has 0 saturated carbocycles. The van der Waals surface area contributed by atoms with E-state index in [1.54, 1.807) is 13.8 Å². The lowest BCUT2D eigenvalue weighted by Gasteiger charge is -2.18. The van der Waals surface area contributed by atoms with Crippen LogP contribution in [0, 0.1) is 0 Å². The minimum atomic E-state index is -0.678. The third kappa shape index (κ3) is 3.50. The van der Waals surface area contributed by atoms with E-state index in [1.165, 1.54) is 0 Å². The normalized spacial score (nSPS) is 11.9. The van der Waals surface area contributed by atoms with Crippen molar-refractivity contribution >= 4 is 5.95 Å². The summed E-state index contributed by atoms with van der Waals surface area (Å²) in [7, 11) is 5.93. The second-order valence-corrected chi connectivity index (χ2v) is 4.92. The maximum atomic E-state index is 9.57. The number of rotatable bonds is 5. The van der Waals surface area contributed by atoms with Gasteiger partial charge >= 0.3 is 0 Å². The van der Waals surface area contributed by atoms with Crippen molar-refractivity contribution in [2.45, 2.75) is 26.0 Å². The molecule has 16 heavy (non-hydrogen) atoms. The first-order chi connectivity index (χ1) is 7.31. The molecule has 0 saturated heterocycles. The molecule has 0 aromatic carbocycles. The zero-order chi connectivity index (χ0) is 12.3. The lowest BCUT2D eigenvalue weighted by Crippen LogP contribution is -2.34. The first-order valence-electron chi connectivity index (χ1n) is 5.42. The van der Waals surface area contributed by atoms with Gasteiger partial charge in [-0.1, -0.05) is 0 Å². The van der Waals surface area contributed by atoms with Crippen LogP contribution in [0.1, 0.15) is 19.5 Å². The summed E-state index contributed by atoms with van der Waals surface area (Å²) in [5, 5.41) is 12.8. The Morgan fingerprint density at radius 1 is 1.50 bits per heavy atom. The Balaban J connectivity index is 2.55. The van der Waals surface area contributed by atoms with Crippen molar-refractivity contribution < 1.29 is 5.11 Å². The van der Waals surface area contributed by atoms with E-state index in [-0.39, 0.29) is 0 Å².